The number of methoxy groups -OCH3 is 1. The van der Waals surface area contributed by atoms with Crippen LogP contribution in [0.2, 0.25) is 0 Å². The number of aromatic carboxylic acids is 1. The fourth-order valence-electron chi connectivity index (χ4n) is 1.77. The minimum atomic E-state index is -1.07. The fraction of sp³-hybridized carbons (Fsp3) is 0.250. The lowest BCUT2D eigenvalue weighted by Crippen LogP contribution is -1.99. The first-order valence-corrected chi connectivity index (χ1v) is 4.88. The van der Waals surface area contributed by atoms with Crippen molar-refractivity contribution in [3.05, 3.63) is 35.1 Å². The Morgan fingerprint density at radius 3 is 2.88 bits per heavy atom. The molecule has 2 aromatic rings. The molecular weight excluding hydrogens is 208 g/mol. The molecule has 0 bridgehead atoms. The van der Waals surface area contributed by atoms with Gasteiger partial charge in [0.1, 0.15) is 5.58 Å². The molecule has 0 amide bonds. The number of para-hydroxylation sites is 1. The highest BCUT2D eigenvalue weighted by Gasteiger charge is 2.20. The Hall–Kier alpha value is -1.81. The predicted molar refractivity (Wildman–Crippen MR) is 58.6 cm³/mol. The third-order valence-electron chi connectivity index (χ3n) is 2.50. The number of carbonyl (C=O) groups is 1. The number of rotatable bonds is 3. The molecule has 4 heteroatoms. The lowest BCUT2D eigenvalue weighted by molar-refractivity contribution is 0.0658. The number of fused-ring (bicyclic) bond motifs is 1. The molecule has 2 rings (SSSR count). The Kier molecular flexibility index (Phi) is 2.66. The smallest absolute Gasteiger partial charge is 0.372 e. The van der Waals surface area contributed by atoms with Crippen LogP contribution in [0.1, 0.15) is 21.7 Å². The number of furan rings is 1. The number of benzene rings is 1. The van der Waals surface area contributed by atoms with E-state index >= 15 is 0 Å². The molecule has 4 nitrogen and oxygen atoms in total. The van der Waals surface area contributed by atoms with E-state index in [1.165, 1.54) is 7.11 Å². The van der Waals surface area contributed by atoms with Crippen LogP contribution in [0.25, 0.3) is 11.0 Å². The van der Waals surface area contributed by atoms with E-state index in [-0.39, 0.29) is 12.4 Å². The summed E-state index contributed by atoms with van der Waals surface area (Å²) < 4.78 is 10.4. The van der Waals surface area contributed by atoms with Gasteiger partial charge in [-0.2, -0.15) is 0 Å². The molecule has 0 aliphatic rings. The Morgan fingerprint density at radius 2 is 2.25 bits per heavy atom. The van der Waals surface area contributed by atoms with Gasteiger partial charge in [0.2, 0.25) is 5.76 Å². The third kappa shape index (κ3) is 1.57. The van der Waals surface area contributed by atoms with Crippen LogP contribution in [0.3, 0.4) is 0 Å². The first-order chi connectivity index (χ1) is 7.65. The number of carboxylic acid groups (broad SMARTS) is 1. The monoisotopic (exact) mass is 220 g/mol. The highest BCUT2D eigenvalue weighted by molar-refractivity contribution is 5.95. The molecule has 0 atom stereocenters. The normalized spacial score (nSPS) is 10.9. The second-order valence-electron chi connectivity index (χ2n) is 3.60. The van der Waals surface area contributed by atoms with E-state index < -0.39 is 5.97 Å². The molecule has 1 heterocycles. The van der Waals surface area contributed by atoms with E-state index in [1.54, 1.807) is 0 Å². The second-order valence-corrected chi connectivity index (χ2v) is 3.60. The highest BCUT2D eigenvalue weighted by Crippen LogP contribution is 2.28. The molecule has 0 aliphatic heterocycles. The summed E-state index contributed by atoms with van der Waals surface area (Å²) >= 11 is 0. The zero-order chi connectivity index (χ0) is 11.7. The van der Waals surface area contributed by atoms with Crippen LogP contribution in [-0.4, -0.2) is 18.2 Å². The standard InChI is InChI=1S/C12H12O4/c1-7-4-3-5-8-9(6-15-2)11(12(13)14)16-10(7)8/h3-5H,6H2,1-2H3,(H,13,14). The van der Waals surface area contributed by atoms with Crippen molar-refractivity contribution in [2.45, 2.75) is 13.5 Å². The maximum absolute atomic E-state index is 11.0. The summed E-state index contributed by atoms with van der Waals surface area (Å²) in [4.78, 5) is 11.0. The van der Waals surface area contributed by atoms with Gasteiger partial charge in [0.25, 0.3) is 0 Å². The first kappa shape index (κ1) is 10.7. The molecule has 84 valence electrons. The molecule has 0 unspecified atom stereocenters. The maximum atomic E-state index is 11.0. The topological polar surface area (TPSA) is 59.7 Å². The Labute approximate surface area is 92.4 Å². The van der Waals surface area contributed by atoms with E-state index in [1.807, 2.05) is 25.1 Å². The number of hydrogen-bond acceptors (Lipinski definition) is 3. The van der Waals surface area contributed by atoms with Gasteiger partial charge >= 0.3 is 5.97 Å². The quantitative estimate of drug-likeness (QED) is 0.863. The molecule has 0 radical (unpaired) electrons. The van der Waals surface area contributed by atoms with Crippen molar-refractivity contribution in [3.8, 4) is 0 Å². The Bertz CT molecular complexity index is 539. The van der Waals surface area contributed by atoms with Crippen molar-refractivity contribution >= 4 is 16.9 Å². The van der Waals surface area contributed by atoms with E-state index in [4.69, 9.17) is 14.3 Å². The molecule has 0 aliphatic carbocycles. The lowest BCUT2D eigenvalue weighted by atomic mass is 10.1. The summed E-state index contributed by atoms with van der Waals surface area (Å²) in [7, 11) is 1.53. The predicted octanol–water partition coefficient (Wildman–Crippen LogP) is 2.59. The summed E-state index contributed by atoms with van der Waals surface area (Å²) in [6.07, 6.45) is 0. The largest absolute Gasteiger partial charge is 0.475 e. The number of aryl methyl sites for hydroxylation is 1. The minimum absolute atomic E-state index is 0.0360. The summed E-state index contributed by atoms with van der Waals surface area (Å²) in [5.74, 6) is -1.10. The van der Waals surface area contributed by atoms with Gasteiger partial charge in [-0.15, -0.1) is 0 Å². The molecule has 0 fully saturated rings. The second kappa shape index (κ2) is 3.98. The van der Waals surface area contributed by atoms with Gasteiger partial charge in [-0.05, 0) is 12.5 Å². The van der Waals surface area contributed by atoms with Crippen LogP contribution < -0.4 is 0 Å². The zero-order valence-corrected chi connectivity index (χ0v) is 9.11. The number of ether oxygens (including phenoxy) is 1. The van der Waals surface area contributed by atoms with Gasteiger partial charge in [-0.1, -0.05) is 18.2 Å². The molecule has 0 saturated carbocycles. The number of hydrogen-bond donors (Lipinski definition) is 1. The Morgan fingerprint density at radius 1 is 1.50 bits per heavy atom. The van der Waals surface area contributed by atoms with Crippen molar-refractivity contribution in [3.63, 3.8) is 0 Å². The molecule has 16 heavy (non-hydrogen) atoms. The molecular formula is C12H12O4. The van der Waals surface area contributed by atoms with E-state index in [0.717, 1.165) is 10.9 Å². The van der Waals surface area contributed by atoms with Crippen molar-refractivity contribution < 1.29 is 19.1 Å². The van der Waals surface area contributed by atoms with Crippen molar-refractivity contribution in [2.75, 3.05) is 7.11 Å². The highest BCUT2D eigenvalue weighted by atomic mass is 16.5. The molecule has 0 spiro atoms. The molecule has 0 saturated heterocycles. The van der Waals surface area contributed by atoms with Gasteiger partial charge < -0.3 is 14.3 Å². The summed E-state index contributed by atoms with van der Waals surface area (Å²) in [5.41, 5.74) is 2.13. The van der Waals surface area contributed by atoms with Crippen LogP contribution >= 0.6 is 0 Å². The van der Waals surface area contributed by atoms with Crippen LogP contribution in [-0.2, 0) is 11.3 Å². The van der Waals surface area contributed by atoms with E-state index in [9.17, 15) is 4.79 Å². The number of carboxylic acids is 1. The van der Waals surface area contributed by atoms with Crippen LogP contribution in [0.4, 0.5) is 0 Å². The summed E-state index contributed by atoms with van der Waals surface area (Å²) in [5, 5.41) is 9.84. The van der Waals surface area contributed by atoms with Crippen molar-refractivity contribution in [1.29, 1.82) is 0 Å². The van der Waals surface area contributed by atoms with Gasteiger partial charge in [-0.3, -0.25) is 0 Å². The van der Waals surface area contributed by atoms with Gasteiger partial charge in [0.15, 0.2) is 0 Å². The zero-order valence-electron chi connectivity index (χ0n) is 9.11. The van der Waals surface area contributed by atoms with Crippen molar-refractivity contribution in [2.24, 2.45) is 0 Å². The lowest BCUT2D eigenvalue weighted by Gasteiger charge is -1.97. The maximum Gasteiger partial charge on any atom is 0.372 e. The third-order valence-corrected chi connectivity index (χ3v) is 2.50. The molecule has 1 N–H and O–H groups in total. The van der Waals surface area contributed by atoms with Gasteiger partial charge in [0, 0.05) is 18.1 Å². The average molecular weight is 220 g/mol. The van der Waals surface area contributed by atoms with Crippen LogP contribution in [0.15, 0.2) is 22.6 Å². The van der Waals surface area contributed by atoms with E-state index in [0.29, 0.717) is 11.1 Å². The first-order valence-electron chi connectivity index (χ1n) is 4.88. The fourth-order valence-corrected chi connectivity index (χ4v) is 1.77. The average Bonchev–Trinajstić information content (AvgIpc) is 2.60. The van der Waals surface area contributed by atoms with Crippen molar-refractivity contribution in [1.82, 2.24) is 0 Å². The summed E-state index contributed by atoms with van der Waals surface area (Å²) in [6.45, 7) is 2.12. The van der Waals surface area contributed by atoms with Gasteiger partial charge in [-0.25, -0.2) is 4.79 Å². The van der Waals surface area contributed by atoms with Gasteiger partial charge in [0.05, 0.1) is 6.61 Å². The van der Waals surface area contributed by atoms with Crippen LogP contribution in [0, 0.1) is 6.92 Å². The molecule has 1 aromatic heterocycles. The Balaban J connectivity index is 2.75. The van der Waals surface area contributed by atoms with Crippen LogP contribution in [0.5, 0.6) is 0 Å². The van der Waals surface area contributed by atoms with E-state index in [2.05, 4.69) is 0 Å². The molecule has 1 aromatic carbocycles. The SMILES string of the molecule is COCc1c(C(=O)O)oc2c(C)cccc12. The summed E-state index contributed by atoms with van der Waals surface area (Å²) in [6, 6.07) is 5.60. The minimum Gasteiger partial charge on any atom is -0.475 e.